The molecule has 1 aromatic rings. The third-order valence-electron chi connectivity index (χ3n) is 3.53. The summed E-state index contributed by atoms with van der Waals surface area (Å²) in [6.07, 6.45) is 0.912. The molecule has 1 aromatic carbocycles. The zero-order valence-electron chi connectivity index (χ0n) is 11.8. The minimum atomic E-state index is -3.66. The number of nitrogens with zero attached hydrogens (tertiary/aromatic N) is 1. The first kappa shape index (κ1) is 15.6. The van der Waals surface area contributed by atoms with E-state index in [0.29, 0.717) is 24.2 Å². The summed E-state index contributed by atoms with van der Waals surface area (Å²) in [6.45, 7) is 0.559. The summed E-state index contributed by atoms with van der Waals surface area (Å²) in [5, 5.41) is 0. The standard InChI is InChI=1S/C13H19N3O4S/c1-20-13(17)10-6-8-16(9-7-10)21(18,19)15-12-5-3-2-4-11(12)14/h2-5,10,15H,6-9,14H2,1H3. The van der Waals surface area contributed by atoms with Crippen molar-refractivity contribution in [1.82, 2.24) is 4.31 Å². The third-order valence-corrected chi connectivity index (χ3v) is 5.05. The van der Waals surface area contributed by atoms with E-state index in [-0.39, 0.29) is 25.0 Å². The van der Waals surface area contributed by atoms with Crippen LogP contribution in [0.3, 0.4) is 0 Å². The van der Waals surface area contributed by atoms with Crippen LogP contribution in [0.4, 0.5) is 11.4 Å². The maximum atomic E-state index is 12.3. The molecule has 1 fully saturated rings. The number of rotatable bonds is 4. The van der Waals surface area contributed by atoms with Crippen LogP contribution in [0.15, 0.2) is 24.3 Å². The van der Waals surface area contributed by atoms with Crippen molar-refractivity contribution in [2.75, 3.05) is 30.7 Å². The Morgan fingerprint density at radius 1 is 1.33 bits per heavy atom. The lowest BCUT2D eigenvalue weighted by Crippen LogP contribution is -2.43. The molecule has 0 amide bonds. The van der Waals surface area contributed by atoms with Gasteiger partial charge in [-0.3, -0.25) is 9.52 Å². The van der Waals surface area contributed by atoms with E-state index in [4.69, 9.17) is 5.73 Å². The van der Waals surface area contributed by atoms with Gasteiger partial charge in [0.15, 0.2) is 0 Å². The number of para-hydroxylation sites is 2. The van der Waals surface area contributed by atoms with Crippen LogP contribution in [-0.4, -0.2) is 38.9 Å². The Kier molecular flexibility index (Phi) is 4.69. The van der Waals surface area contributed by atoms with Gasteiger partial charge in [0.25, 0.3) is 0 Å². The summed E-state index contributed by atoms with van der Waals surface area (Å²) in [5.41, 5.74) is 6.45. The van der Waals surface area contributed by atoms with Crippen LogP contribution in [0.1, 0.15) is 12.8 Å². The number of nitrogen functional groups attached to an aromatic ring is 1. The Bertz CT molecular complexity index is 610. The van der Waals surface area contributed by atoms with Crippen LogP contribution in [0, 0.1) is 5.92 Å². The summed E-state index contributed by atoms with van der Waals surface area (Å²) in [5.74, 6) is -0.518. The molecule has 0 saturated carbocycles. The molecule has 0 atom stereocenters. The molecule has 0 aliphatic carbocycles. The van der Waals surface area contributed by atoms with Crippen LogP contribution in [0.5, 0.6) is 0 Å². The largest absolute Gasteiger partial charge is 0.469 e. The van der Waals surface area contributed by atoms with Crippen LogP contribution in [-0.2, 0) is 19.7 Å². The van der Waals surface area contributed by atoms with Crippen molar-refractivity contribution in [3.8, 4) is 0 Å². The number of nitrogens with two attached hydrogens (primary N) is 1. The molecular formula is C13H19N3O4S. The van der Waals surface area contributed by atoms with Crippen molar-refractivity contribution >= 4 is 27.6 Å². The van der Waals surface area contributed by atoms with E-state index in [9.17, 15) is 13.2 Å². The number of methoxy groups -OCH3 is 1. The smallest absolute Gasteiger partial charge is 0.308 e. The highest BCUT2D eigenvalue weighted by Gasteiger charge is 2.31. The first-order valence-electron chi connectivity index (χ1n) is 6.64. The van der Waals surface area contributed by atoms with E-state index in [1.165, 1.54) is 11.4 Å². The Hall–Kier alpha value is -1.80. The summed E-state index contributed by atoms with van der Waals surface area (Å²) < 4.78 is 33.1. The van der Waals surface area contributed by atoms with Gasteiger partial charge in [0.2, 0.25) is 0 Å². The number of hydrogen-bond donors (Lipinski definition) is 2. The minimum Gasteiger partial charge on any atom is -0.469 e. The van der Waals surface area contributed by atoms with Gasteiger partial charge in [-0.05, 0) is 25.0 Å². The first-order chi connectivity index (χ1) is 9.94. The van der Waals surface area contributed by atoms with Gasteiger partial charge in [-0.2, -0.15) is 12.7 Å². The van der Waals surface area contributed by atoms with E-state index in [0.717, 1.165) is 0 Å². The SMILES string of the molecule is COC(=O)C1CCN(S(=O)(=O)Nc2ccccc2N)CC1. The fourth-order valence-electron chi connectivity index (χ4n) is 2.29. The zero-order valence-corrected chi connectivity index (χ0v) is 12.6. The Balaban J connectivity index is 2.02. The quantitative estimate of drug-likeness (QED) is 0.632. The molecule has 2 rings (SSSR count). The molecule has 3 N–H and O–H groups in total. The number of benzene rings is 1. The number of anilines is 2. The lowest BCUT2D eigenvalue weighted by atomic mass is 9.99. The van der Waals surface area contributed by atoms with Gasteiger partial charge in [0, 0.05) is 13.1 Å². The molecule has 0 bridgehead atoms. The van der Waals surface area contributed by atoms with Crippen molar-refractivity contribution in [2.24, 2.45) is 5.92 Å². The Labute approximate surface area is 124 Å². The van der Waals surface area contributed by atoms with Gasteiger partial charge in [0.1, 0.15) is 0 Å². The van der Waals surface area contributed by atoms with Gasteiger partial charge in [0.05, 0.1) is 24.4 Å². The van der Waals surface area contributed by atoms with E-state index in [2.05, 4.69) is 9.46 Å². The van der Waals surface area contributed by atoms with Crippen LogP contribution in [0.25, 0.3) is 0 Å². The molecule has 116 valence electrons. The molecular weight excluding hydrogens is 294 g/mol. The molecule has 7 nitrogen and oxygen atoms in total. The average Bonchev–Trinajstić information content (AvgIpc) is 2.49. The van der Waals surface area contributed by atoms with Gasteiger partial charge < -0.3 is 10.5 Å². The maximum absolute atomic E-state index is 12.3. The second kappa shape index (κ2) is 6.31. The lowest BCUT2D eigenvalue weighted by Gasteiger charge is -2.30. The highest BCUT2D eigenvalue weighted by atomic mass is 32.2. The van der Waals surface area contributed by atoms with Crippen LogP contribution >= 0.6 is 0 Å². The zero-order chi connectivity index (χ0) is 15.5. The summed E-state index contributed by atoms with van der Waals surface area (Å²) >= 11 is 0. The minimum absolute atomic E-state index is 0.233. The number of hydrogen-bond acceptors (Lipinski definition) is 5. The van der Waals surface area contributed by atoms with Crippen molar-refractivity contribution in [2.45, 2.75) is 12.8 Å². The van der Waals surface area contributed by atoms with Gasteiger partial charge in [-0.25, -0.2) is 0 Å². The van der Waals surface area contributed by atoms with Gasteiger partial charge >= 0.3 is 16.2 Å². The van der Waals surface area contributed by atoms with Crippen LogP contribution < -0.4 is 10.5 Å². The predicted molar refractivity (Wildman–Crippen MR) is 79.7 cm³/mol. The molecule has 1 saturated heterocycles. The van der Waals surface area contributed by atoms with Gasteiger partial charge in [-0.1, -0.05) is 12.1 Å². The lowest BCUT2D eigenvalue weighted by molar-refractivity contribution is -0.146. The topological polar surface area (TPSA) is 102 Å². The number of carbonyl (C=O) groups is 1. The Morgan fingerprint density at radius 2 is 1.95 bits per heavy atom. The van der Waals surface area contributed by atoms with E-state index < -0.39 is 10.2 Å². The first-order valence-corrected chi connectivity index (χ1v) is 8.08. The second-order valence-electron chi connectivity index (χ2n) is 4.89. The summed E-state index contributed by atoms with van der Waals surface area (Å²) in [4.78, 5) is 11.4. The van der Waals surface area contributed by atoms with Crippen molar-refractivity contribution in [3.05, 3.63) is 24.3 Å². The number of piperidine rings is 1. The normalized spacial score (nSPS) is 17.4. The molecule has 0 unspecified atom stereocenters. The molecule has 0 radical (unpaired) electrons. The van der Waals surface area contributed by atoms with E-state index >= 15 is 0 Å². The van der Waals surface area contributed by atoms with Crippen molar-refractivity contribution in [3.63, 3.8) is 0 Å². The van der Waals surface area contributed by atoms with Crippen molar-refractivity contribution < 1.29 is 17.9 Å². The molecule has 1 heterocycles. The molecule has 1 aliphatic heterocycles. The maximum Gasteiger partial charge on any atom is 0.308 e. The molecule has 21 heavy (non-hydrogen) atoms. The number of nitrogens with one attached hydrogen (secondary N) is 1. The second-order valence-corrected chi connectivity index (χ2v) is 6.56. The third kappa shape index (κ3) is 3.64. The summed E-state index contributed by atoms with van der Waals surface area (Å²) in [7, 11) is -2.33. The summed E-state index contributed by atoms with van der Waals surface area (Å²) in [6, 6.07) is 6.67. The molecule has 0 aromatic heterocycles. The van der Waals surface area contributed by atoms with E-state index in [1.807, 2.05) is 0 Å². The molecule has 8 heteroatoms. The number of ether oxygens (including phenoxy) is 1. The molecule has 0 spiro atoms. The van der Waals surface area contributed by atoms with Crippen LogP contribution in [0.2, 0.25) is 0 Å². The predicted octanol–water partition coefficient (Wildman–Crippen LogP) is 0.810. The van der Waals surface area contributed by atoms with E-state index in [1.54, 1.807) is 24.3 Å². The number of carbonyl (C=O) groups excluding carboxylic acids is 1. The van der Waals surface area contributed by atoms with Crippen molar-refractivity contribution in [1.29, 1.82) is 0 Å². The molecule has 1 aliphatic rings. The Morgan fingerprint density at radius 3 is 2.52 bits per heavy atom. The monoisotopic (exact) mass is 313 g/mol. The van der Waals surface area contributed by atoms with Gasteiger partial charge in [-0.15, -0.1) is 0 Å². The fourth-order valence-corrected chi connectivity index (χ4v) is 3.58. The highest BCUT2D eigenvalue weighted by molar-refractivity contribution is 7.90. The highest BCUT2D eigenvalue weighted by Crippen LogP contribution is 2.24. The average molecular weight is 313 g/mol. The number of esters is 1. The fraction of sp³-hybridized carbons (Fsp3) is 0.462.